The van der Waals surface area contributed by atoms with Gasteiger partial charge in [0.25, 0.3) is 5.56 Å². The van der Waals surface area contributed by atoms with Crippen molar-refractivity contribution in [3.8, 4) is 11.4 Å². The smallest absolute Gasteiger partial charge is 0.309 e. The van der Waals surface area contributed by atoms with E-state index in [-0.39, 0.29) is 24.6 Å². The average Bonchev–Trinajstić information content (AvgIpc) is 2.99. The van der Waals surface area contributed by atoms with E-state index < -0.39 is 19.6 Å². The lowest BCUT2D eigenvalue weighted by Crippen LogP contribution is -2.34. The SMILES string of the molecule is CCC1(O)CC(=O)OCc2c1cc1n(c2=O)C(CC[Si](C)(C)C)c2cc3ccccc3nc2-1. The molecule has 6 nitrogen and oxygen atoms in total. The van der Waals surface area contributed by atoms with Crippen LogP contribution in [0.2, 0.25) is 25.7 Å². The van der Waals surface area contributed by atoms with Crippen molar-refractivity contribution < 1.29 is 14.6 Å². The van der Waals surface area contributed by atoms with E-state index in [4.69, 9.17) is 9.72 Å². The van der Waals surface area contributed by atoms with E-state index in [0.717, 1.165) is 40.3 Å². The zero-order valence-electron chi connectivity index (χ0n) is 19.6. The third-order valence-electron chi connectivity index (χ3n) is 7.08. The molecule has 2 aromatic heterocycles. The van der Waals surface area contributed by atoms with Crippen molar-refractivity contribution in [1.82, 2.24) is 9.55 Å². The van der Waals surface area contributed by atoms with Crippen LogP contribution in [0.3, 0.4) is 0 Å². The maximum absolute atomic E-state index is 13.9. The molecule has 0 fully saturated rings. The van der Waals surface area contributed by atoms with Gasteiger partial charge in [-0.3, -0.25) is 14.2 Å². The number of carbonyl (C=O) groups excluding carboxylic acids is 1. The largest absolute Gasteiger partial charge is 0.460 e. The number of pyridine rings is 2. The number of hydrogen-bond acceptors (Lipinski definition) is 5. The van der Waals surface area contributed by atoms with Crippen molar-refractivity contribution in [2.24, 2.45) is 0 Å². The van der Waals surface area contributed by atoms with Gasteiger partial charge < -0.3 is 9.84 Å². The lowest BCUT2D eigenvalue weighted by Gasteiger charge is -2.27. The molecule has 1 aromatic carbocycles. The van der Waals surface area contributed by atoms with Gasteiger partial charge in [-0.1, -0.05) is 50.8 Å². The number of cyclic esters (lactones) is 1. The number of para-hydroxylation sites is 1. The van der Waals surface area contributed by atoms with E-state index in [9.17, 15) is 14.7 Å². The summed E-state index contributed by atoms with van der Waals surface area (Å²) in [5.41, 5.74) is 2.72. The van der Waals surface area contributed by atoms with Gasteiger partial charge in [0.15, 0.2) is 0 Å². The Morgan fingerprint density at radius 1 is 1.21 bits per heavy atom. The highest BCUT2D eigenvalue weighted by Gasteiger charge is 2.41. The number of aliphatic hydroxyl groups is 1. The fraction of sp³-hybridized carbons (Fsp3) is 0.423. The molecule has 4 heterocycles. The van der Waals surface area contributed by atoms with Crippen molar-refractivity contribution in [3.63, 3.8) is 0 Å². The zero-order chi connectivity index (χ0) is 23.5. The van der Waals surface area contributed by atoms with Gasteiger partial charge in [0, 0.05) is 19.0 Å². The first kappa shape index (κ1) is 22.0. The Hall–Kier alpha value is -2.77. The van der Waals surface area contributed by atoms with Gasteiger partial charge in [0.2, 0.25) is 0 Å². The summed E-state index contributed by atoms with van der Waals surface area (Å²) in [6.45, 7) is 8.72. The fourth-order valence-electron chi connectivity index (χ4n) is 5.15. The molecule has 2 aliphatic rings. The summed E-state index contributed by atoms with van der Waals surface area (Å²) in [6.07, 6.45) is 1.01. The molecule has 172 valence electrons. The molecule has 0 radical (unpaired) electrons. The molecule has 2 unspecified atom stereocenters. The van der Waals surface area contributed by atoms with Crippen molar-refractivity contribution in [1.29, 1.82) is 0 Å². The highest BCUT2D eigenvalue weighted by molar-refractivity contribution is 6.76. The lowest BCUT2D eigenvalue weighted by molar-refractivity contribution is -0.149. The summed E-state index contributed by atoms with van der Waals surface area (Å²) >= 11 is 0. The first-order valence-electron chi connectivity index (χ1n) is 11.7. The van der Waals surface area contributed by atoms with Gasteiger partial charge in [-0.25, -0.2) is 4.98 Å². The van der Waals surface area contributed by atoms with Gasteiger partial charge in [-0.15, -0.1) is 0 Å². The first-order chi connectivity index (χ1) is 15.6. The number of aromatic nitrogens is 2. The van der Waals surface area contributed by atoms with E-state index in [2.05, 4.69) is 31.8 Å². The molecule has 5 rings (SSSR count). The average molecular weight is 463 g/mol. The molecule has 33 heavy (non-hydrogen) atoms. The topological polar surface area (TPSA) is 81.4 Å². The van der Waals surface area contributed by atoms with Crippen LogP contribution in [0.5, 0.6) is 0 Å². The van der Waals surface area contributed by atoms with Crippen LogP contribution in [0.15, 0.2) is 41.2 Å². The Morgan fingerprint density at radius 3 is 2.70 bits per heavy atom. The molecule has 3 aromatic rings. The van der Waals surface area contributed by atoms with Crippen LogP contribution in [0.25, 0.3) is 22.3 Å². The molecule has 1 N–H and O–H groups in total. The number of rotatable bonds is 4. The van der Waals surface area contributed by atoms with Crippen LogP contribution in [-0.4, -0.2) is 28.7 Å². The number of esters is 1. The molecule has 2 aliphatic heterocycles. The second-order valence-corrected chi connectivity index (χ2v) is 16.2. The summed E-state index contributed by atoms with van der Waals surface area (Å²) < 4.78 is 7.17. The van der Waals surface area contributed by atoms with Gasteiger partial charge in [0.1, 0.15) is 12.2 Å². The molecule has 0 saturated carbocycles. The standard InChI is InChI=1S/C26H30N2O4Si/c1-5-26(31)14-23(29)32-15-18-19(26)13-22-24-17(12-16-8-6-7-9-20(16)27-24)21(28(22)25(18)30)10-11-33(2,3)4/h6-9,12-13,21,31H,5,10-11,14-15H2,1-4H3. The number of hydrogen-bond donors (Lipinski definition) is 1. The van der Waals surface area contributed by atoms with Crippen LogP contribution in [0, 0.1) is 0 Å². The van der Waals surface area contributed by atoms with Gasteiger partial charge in [0.05, 0.1) is 34.9 Å². The minimum absolute atomic E-state index is 0.109. The molecule has 0 aliphatic carbocycles. The third-order valence-corrected chi connectivity index (χ3v) is 8.87. The van der Waals surface area contributed by atoms with Crippen LogP contribution in [0.4, 0.5) is 0 Å². The van der Waals surface area contributed by atoms with Crippen molar-refractivity contribution >= 4 is 24.9 Å². The van der Waals surface area contributed by atoms with Crippen molar-refractivity contribution in [3.05, 3.63) is 63.4 Å². The van der Waals surface area contributed by atoms with E-state index in [1.165, 1.54) is 0 Å². The lowest BCUT2D eigenvalue weighted by atomic mass is 9.85. The van der Waals surface area contributed by atoms with Crippen molar-refractivity contribution in [2.45, 2.75) is 70.1 Å². The summed E-state index contributed by atoms with van der Waals surface area (Å²) in [6, 6.07) is 13.0. The van der Waals surface area contributed by atoms with E-state index in [1.807, 2.05) is 35.8 Å². The maximum Gasteiger partial charge on any atom is 0.309 e. The maximum atomic E-state index is 13.9. The zero-order valence-corrected chi connectivity index (χ0v) is 20.6. The Balaban J connectivity index is 1.78. The summed E-state index contributed by atoms with van der Waals surface area (Å²) in [4.78, 5) is 31.1. The predicted molar refractivity (Wildman–Crippen MR) is 131 cm³/mol. The van der Waals surface area contributed by atoms with E-state index in [0.29, 0.717) is 17.5 Å². The number of ether oxygens (including phenoxy) is 1. The number of nitrogens with zero attached hydrogens (tertiary/aromatic N) is 2. The number of fused-ring (bicyclic) bond motifs is 5. The molecule has 0 bridgehead atoms. The Morgan fingerprint density at radius 2 is 1.97 bits per heavy atom. The van der Waals surface area contributed by atoms with E-state index >= 15 is 0 Å². The van der Waals surface area contributed by atoms with Gasteiger partial charge in [-0.05, 0) is 36.6 Å². The molecule has 7 heteroatoms. The van der Waals surface area contributed by atoms with Crippen LogP contribution in [-0.2, 0) is 21.7 Å². The molecule has 0 amide bonds. The summed E-state index contributed by atoms with van der Waals surface area (Å²) in [7, 11) is -1.36. The highest BCUT2D eigenvalue weighted by Crippen LogP contribution is 2.44. The Labute approximate surface area is 194 Å². The minimum Gasteiger partial charge on any atom is -0.460 e. The molecule has 0 spiro atoms. The fourth-order valence-corrected chi connectivity index (χ4v) is 6.29. The summed E-state index contributed by atoms with van der Waals surface area (Å²) in [5, 5.41) is 12.4. The monoisotopic (exact) mass is 462 g/mol. The van der Waals surface area contributed by atoms with Crippen LogP contribution in [0.1, 0.15) is 48.9 Å². The second-order valence-electron chi connectivity index (χ2n) is 10.6. The molecule has 0 saturated heterocycles. The minimum atomic E-state index is -1.43. The third kappa shape index (κ3) is 3.63. The van der Waals surface area contributed by atoms with Crippen molar-refractivity contribution in [2.75, 3.05) is 0 Å². The normalized spacial score (nSPS) is 21.8. The van der Waals surface area contributed by atoms with Crippen LogP contribution >= 0.6 is 0 Å². The second kappa shape index (κ2) is 7.63. The first-order valence-corrected chi connectivity index (χ1v) is 15.4. The molecular weight excluding hydrogens is 432 g/mol. The quantitative estimate of drug-likeness (QED) is 0.447. The summed E-state index contributed by atoms with van der Waals surface area (Å²) in [5.74, 6) is -0.486. The van der Waals surface area contributed by atoms with Gasteiger partial charge >= 0.3 is 5.97 Å². The molecule has 2 atom stereocenters. The number of benzene rings is 1. The van der Waals surface area contributed by atoms with E-state index in [1.54, 1.807) is 0 Å². The predicted octanol–water partition coefficient (Wildman–Crippen LogP) is 4.74. The molecular formula is C26H30N2O4Si. The van der Waals surface area contributed by atoms with Gasteiger partial charge in [-0.2, -0.15) is 0 Å². The van der Waals surface area contributed by atoms with Crippen LogP contribution < -0.4 is 5.56 Å². The highest BCUT2D eigenvalue weighted by atomic mass is 28.3. The Bertz CT molecular complexity index is 1340. The Kier molecular flexibility index (Phi) is 5.10. The number of carbonyl (C=O) groups is 1.